The van der Waals surface area contributed by atoms with Gasteiger partial charge in [0, 0.05) is 5.92 Å². The monoisotopic (exact) mass is 272 g/mol. The van der Waals surface area contributed by atoms with E-state index in [9.17, 15) is 9.90 Å². The molecular formula is C17H20O3. The molecule has 0 aliphatic heterocycles. The second-order valence-electron chi connectivity index (χ2n) is 6.10. The summed E-state index contributed by atoms with van der Waals surface area (Å²) < 4.78 is 0. The lowest BCUT2D eigenvalue weighted by molar-refractivity contribution is -0.145. The molecule has 4 rings (SSSR count). The van der Waals surface area contributed by atoms with Crippen LogP contribution in [0.2, 0.25) is 0 Å². The van der Waals surface area contributed by atoms with Crippen molar-refractivity contribution in [3.63, 3.8) is 0 Å². The van der Waals surface area contributed by atoms with E-state index >= 15 is 0 Å². The molecule has 3 nitrogen and oxygen atoms in total. The number of carboxylic acid groups (broad SMARTS) is 1. The van der Waals surface area contributed by atoms with E-state index in [0.717, 1.165) is 19.3 Å². The number of hydrogen-bond acceptors (Lipinski definition) is 2. The fourth-order valence-corrected chi connectivity index (χ4v) is 3.82. The van der Waals surface area contributed by atoms with Crippen molar-refractivity contribution in [2.75, 3.05) is 0 Å². The molecule has 3 unspecified atom stereocenters. The number of aliphatic hydroxyl groups is 1. The van der Waals surface area contributed by atoms with E-state index < -0.39 is 11.6 Å². The summed E-state index contributed by atoms with van der Waals surface area (Å²) in [4.78, 5) is 11.0. The molecule has 0 amide bonds. The van der Waals surface area contributed by atoms with E-state index in [-0.39, 0.29) is 18.3 Å². The smallest absolute Gasteiger partial charge is 0.306 e. The predicted molar refractivity (Wildman–Crippen MR) is 77.1 cm³/mol. The van der Waals surface area contributed by atoms with Crippen molar-refractivity contribution in [1.82, 2.24) is 0 Å². The highest BCUT2D eigenvalue weighted by molar-refractivity contribution is 5.72. The van der Waals surface area contributed by atoms with Crippen LogP contribution in [-0.2, 0) is 4.79 Å². The molecule has 0 aromatic heterocycles. The standard InChI is InChI=1S/C17H20O3/c18-16(19)11-17(20)10-13-7-4-8-14(17)9-15(13)12-5-2-1-3-6-12/h1-3,5-6,9,13-14,20H,4,7-8,10-11H2,(H,18,19). The van der Waals surface area contributed by atoms with Crippen molar-refractivity contribution in [2.45, 2.75) is 37.7 Å². The molecule has 3 aliphatic carbocycles. The van der Waals surface area contributed by atoms with Crippen molar-refractivity contribution in [3.05, 3.63) is 42.0 Å². The van der Waals surface area contributed by atoms with Crippen LogP contribution in [0.1, 0.15) is 37.7 Å². The van der Waals surface area contributed by atoms with Crippen LogP contribution in [-0.4, -0.2) is 21.8 Å². The van der Waals surface area contributed by atoms with Crippen molar-refractivity contribution in [1.29, 1.82) is 0 Å². The highest BCUT2D eigenvalue weighted by Gasteiger charge is 2.45. The second kappa shape index (κ2) is 5.06. The summed E-state index contributed by atoms with van der Waals surface area (Å²) in [6, 6.07) is 10.3. The summed E-state index contributed by atoms with van der Waals surface area (Å²) in [6.07, 6.45) is 5.55. The van der Waals surface area contributed by atoms with Crippen LogP contribution >= 0.6 is 0 Å². The van der Waals surface area contributed by atoms with Gasteiger partial charge in [0.15, 0.2) is 0 Å². The normalized spacial score (nSPS) is 32.5. The maximum Gasteiger partial charge on any atom is 0.306 e. The minimum absolute atomic E-state index is 0.0347. The van der Waals surface area contributed by atoms with Gasteiger partial charge < -0.3 is 10.2 Å². The number of benzene rings is 1. The Hall–Kier alpha value is -1.61. The molecule has 0 spiro atoms. The van der Waals surface area contributed by atoms with Crippen LogP contribution < -0.4 is 0 Å². The zero-order chi connectivity index (χ0) is 14.2. The van der Waals surface area contributed by atoms with Crippen LogP contribution in [0.25, 0.3) is 5.57 Å². The topological polar surface area (TPSA) is 57.5 Å². The van der Waals surface area contributed by atoms with Gasteiger partial charge in [-0.05, 0) is 36.3 Å². The molecule has 20 heavy (non-hydrogen) atoms. The highest BCUT2D eigenvalue weighted by atomic mass is 16.4. The average molecular weight is 272 g/mol. The van der Waals surface area contributed by atoms with Crippen molar-refractivity contribution >= 4 is 11.5 Å². The lowest BCUT2D eigenvalue weighted by Crippen LogP contribution is -2.42. The first-order chi connectivity index (χ1) is 9.58. The molecular weight excluding hydrogens is 252 g/mol. The first kappa shape index (κ1) is 13.4. The van der Waals surface area contributed by atoms with Crippen molar-refractivity contribution in [3.8, 4) is 0 Å². The van der Waals surface area contributed by atoms with E-state index in [0.29, 0.717) is 6.42 Å². The van der Waals surface area contributed by atoms with E-state index in [4.69, 9.17) is 5.11 Å². The number of hydrogen-bond donors (Lipinski definition) is 2. The summed E-state index contributed by atoms with van der Waals surface area (Å²) in [7, 11) is 0. The van der Waals surface area contributed by atoms with Crippen LogP contribution in [0.3, 0.4) is 0 Å². The largest absolute Gasteiger partial charge is 0.481 e. The second-order valence-corrected chi connectivity index (χ2v) is 6.10. The molecule has 0 heterocycles. The lowest BCUT2D eigenvalue weighted by Gasteiger charge is -2.39. The number of rotatable bonds is 3. The number of fused-ring (bicyclic) bond motifs is 3. The molecule has 1 fully saturated rings. The van der Waals surface area contributed by atoms with Crippen LogP contribution in [0.5, 0.6) is 0 Å². The first-order valence-electron chi connectivity index (χ1n) is 7.30. The Balaban J connectivity index is 1.96. The Kier molecular flexibility index (Phi) is 3.38. The summed E-state index contributed by atoms with van der Waals surface area (Å²) in [5, 5.41) is 19.8. The quantitative estimate of drug-likeness (QED) is 0.889. The molecule has 1 aromatic carbocycles. The van der Waals surface area contributed by atoms with Crippen molar-refractivity contribution in [2.24, 2.45) is 11.8 Å². The third-order valence-corrected chi connectivity index (χ3v) is 4.74. The summed E-state index contributed by atoms with van der Waals surface area (Å²) >= 11 is 0. The Morgan fingerprint density at radius 1 is 1.25 bits per heavy atom. The van der Waals surface area contributed by atoms with E-state index in [2.05, 4.69) is 18.2 Å². The van der Waals surface area contributed by atoms with E-state index in [1.54, 1.807) is 0 Å². The van der Waals surface area contributed by atoms with Gasteiger partial charge in [-0.1, -0.05) is 42.8 Å². The molecule has 3 heteroatoms. The molecule has 1 saturated carbocycles. The third-order valence-electron chi connectivity index (χ3n) is 4.74. The minimum atomic E-state index is -1.06. The maximum atomic E-state index is 11.0. The Bertz CT molecular complexity index is 534. The Morgan fingerprint density at radius 2 is 2.00 bits per heavy atom. The fourth-order valence-electron chi connectivity index (χ4n) is 3.82. The summed E-state index contributed by atoms with van der Waals surface area (Å²) in [5.74, 6) is -0.664. The third kappa shape index (κ3) is 2.38. The van der Waals surface area contributed by atoms with Gasteiger partial charge in [-0.2, -0.15) is 0 Å². The van der Waals surface area contributed by atoms with Gasteiger partial charge in [0.05, 0.1) is 12.0 Å². The number of carboxylic acids is 1. The van der Waals surface area contributed by atoms with Crippen LogP contribution in [0.4, 0.5) is 0 Å². The van der Waals surface area contributed by atoms with Gasteiger partial charge in [-0.15, -0.1) is 0 Å². The number of carbonyl (C=O) groups is 1. The van der Waals surface area contributed by atoms with Gasteiger partial charge in [-0.25, -0.2) is 0 Å². The molecule has 2 N–H and O–H groups in total. The molecule has 1 aromatic rings. The molecule has 3 aliphatic rings. The Labute approximate surface area is 118 Å². The lowest BCUT2D eigenvalue weighted by atomic mass is 9.70. The zero-order valence-electron chi connectivity index (χ0n) is 11.5. The van der Waals surface area contributed by atoms with Crippen molar-refractivity contribution < 1.29 is 15.0 Å². The zero-order valence-corrected chi connectivity index (χ0v) is 11.5. The summed E-state index contributed by atoms with van der Waals surface area (Å²) in [6.45, 7) is 0. The van der Waals surface area contributed by atoms with Gasteiger partial charge in [0.25, 0.3) is 0 Å². The van der Waals surface area contributed by atoms with Gasteiger partial charge in [-0.3, -0.25) is 4.79 Å². The highest BCUT2D eigenvalue weighted by Crippen LogP contribution is 2.49. The van der Waals surface area contributed by atoms with Gasteiger partial charge in [0.1, 0.15) is 0 Å². The minimum Gasteiger partial charge on any atom is -0.481 e. The SMILES string of the molecule is O=C(O)CC1(O)CC2CCCC1C=C2c1ccccc1. The van der Waals surface area contributed by atoms with E-state index in [1.807, 2.05) is 18.2 Å². The average Bonchev–Trinajstić information content (AvgIpc) is 2.69. The van der Waals surface area contributed by atoms with Gasteiger partial charge in [0.2, 0.25) is 0 Å². The van der Waals surface area contributed by atoms with E-state index in [1.165, 1.54) is 11.1 Å². The number of allylic oxidation sites excluding steroid dienone is 1. The number of aliphatic carboxylic acids is 1. The molecule has 3 atom stereocenters. The molecule has 0 radical (unpaired) electrons. The first-order valence-corrected chi connectivity index (χ1v) is 7.30. The van der Waals surface area contributed by atoms with Crippen LogP contribution in [0, 0.1) is 11.8 Å². The Morgan fingerprint density at radius 3 is 2.70 bits per heavy atom. The maximum absolute atomic E-state index is 11.0. The fraction of sp³-hybridized carbons (Fsp3) is 0.471. The van der Waals surface area contributed by atoms with Gasteiger partial charge >= 0.3 is 5.97 Å². The summed E-state index contributed by atoms with van der Waals surface area (Å²) in [5.41, 5.74) is 1.44. The van der Waals surface area contributed by atoms with Crippen LogP contribution in [0.15, 0.2) is 36.4 Å². The predicted octanol–water partition coefficient (Wildman–Crippen LogP) is 3.10. The molecule has 0 saturated heterocycles. The molecule has 2 bridgehead atoms. The molecule has 106 valence electrons.